The zero-order chi connectivity index (χ0) is 15.0. The number of nitrogens with one attached hydrogen (secondary N) is 1. The van der Waals surface area contributed by atoms with Gasteiger partial charge in [-0.3, -0.25) is 4.79 Å². The quantitative estimate of drug-likeness (QED) is 0.568. The Hall–Kier alpha value is -1.59. The predicted molar refractivity (Wildman–Crippen MR) is 89.7 cm³/mol. The van der Waals surface area contributed by atoms with Crippen LogP contribution < -0.4 is 0 Å². The number of thiophene rings is 1. The minimum Gasteiger partial charge on any atom is -0.333 e. The molecule has 2 heterocycles. The topological polar surface area (TPSA) is 45.8 Å². The predicted octanol–water partition coefficient (Wildman–Crippen LogP) is 4.52. The van der Waals surface area contributed by atoms with Crippen molar-refractivity contribution >= 4 is 39.9 Å². The number of hydrogen-bond donors (Lipinski definition) is 1. The van der Waals surface area contributed by atoms with Crippen molar-refractivity contribution in [1.29, 1.82) is 0 Å². The van der Waals surface area contributed by atoms with Gasteiger partial charge in [-0.15, -0.1) is 11.3 Å². The van der Waals surface area contributed by atoms with Crippen LogP contribution in [0.25, 0.3) is 11.0 Å². The number of aromatic nitrogens is 2. The Morgan fingerprint density at radius 3 is 2.81 bits per heavy atom. The zero-order valence-corrected chi connectivity index (χ0v) is 13.8. The van der Waals surface area contributed by atoms with Crippen LogP contribution in [-0.4, -0.2) is 21.5 Å². The number of ketones is 1. The van der Waals surface area contributed by atoms with Crippen LogP contribution in [-0.2, 0) is 0 Å². The zero-order valence-electron chi connectivity index (χ0n) is 12.2. The smallest absolute Gasteiger partial charge is 0.174 e. The first kappa shape index (κ1) is 14.4. The first-order chi connectivity index (χ1) is 10.0. The molecule has 0 aliphatic rings. The summed E-state index contributed by atoms with van der Waals surface area (Å²) >= 11 is 3.13. The number of nitrogens with zero attached hydrogens (tertiary/aromatic N) is 1. The SMILES string of the molecule is Cc1ccc2nc(SCC(=O)c3cc(C)sc3C)[nH]c2c1. The molecular weight excluding hydrogens is 300 g/mol. The molecule has 0 radical (unpaired) electrons. The molecule has 5 heteroatoms. The van der Waals surface area contributed by atoms with Crippen LogP contribution in [0.5, 0.6) is 0 Å². The average molecular weight is 316 g/mol. The van der Waals surface area contributed by atoms with Crippen molar-refractivity contribution in [3.05, 3.63) is 45.1 Å². The number of imidazole rings is 1. The van der Waals surface area contributed by atoms with Crippen molar-refractivity contribution in [1.82, 2.24) is 9.97 Å². The van der Waals surface area contributed by atoms with Crippen molar-refractivity contribution in [2.24, 2.45) is 0 Å². The van der Waals surface area contributed by atoms with E-state index in [2.05, 4.69) is 23.0 Å². The highest BCUT2D eigenvalue weighted by molar-refractivity contribution is 7.99. The van der Waals surface area contributed by atoms with Crippen LogP contribution in [0.4, 0.5) is 0 Å². The summed E-state index contributed by atoms with van der Waals surface area (Å²) in [5, 5.41) is 0.800. The first-order valence-electron chi connectivity index (χ1n) is 6.72. The Morgan fingerprint density at radius 1 is 1.29 bits per heavy atom. The van der Waals surface area contributed by atoms with Gasteiger partial charge in [0.2, 0.25) is 0 Å². The van der Waals surface area contributed by atoms with E-state index >= 15 is 0 Å². The van der Waals surface area contributed by atoms with Gasteiger partial charge in [-0.1, -0.05) is 17.8 Å². The van der Waals surface area contributed by atoms with E-state index < -0.39 is 0 Å². The maximum atomic E-state index is 12.3. The van der Waals surface area contributed by atoms with E-state index in [4.69, 9.17) is 0 Å². The number of carbonyl (C=O) groups is 1. The Balaban J connectivity index is 1.74. The fourth-order valence-electron chi connectivity index (χ4n) is 2.29. The van der Waals surface area contributed by atoms with E-state index in [1.807, 2.05) is 32.0 Å². The summed E-state index contributed by atoms with van der Waals surface area (Å²) < 4.78 is 0. The van der Waals surface area contributed by atoms with Crippen LogP contribution in [0.15, 0.2) is 29.4 Å². The molecule has 3 rings (SSSR count). The molecule has 0 spiro atoms. The molecule has 0 amide bonds. The molecule has 1 N–H and O–H groups in total. The summed E-state index contributed by atoms with van der Waals surface area (Å²) in [5.41, 5.74) is 4.01. The number of H-pyrrole nitrogens is 1. The van der Waals surface area contributed by atoms with E-state index in [0.29, 0.717) is 5.75 Å². The highest BCUT2D eigenvalue weighted by atomic mass is 32.2. The fraction of sp³-hybridized carbons (Fsp3) is 0.250. The molecule has 108 valence electrons. The number of benzene rings is 1. The number of hydrogen-bond acceptors (Lipinski definition) is 4. The van der Waals surface area contributed by atoms with Gasteiger partial charge in [0, 0.05) is 15.3 Å². The standard InChI is InChI=1S/C16H16N2OS2/c1-9-4-5-13-14(6-9)18-16(17-13)20-8-15(19)12-7-10(2)21-11(12)3/h4-7H,8H2,1-3H3,(H,17,18). The van der Waals surface area contributed by atoms with E-state index in [9.17, 15) is 4.79 Å². The Kier molecular flexibility index (Phi) is 3.87. The third-order valence-electron chi connectivity index (χ3n) is 3.30. The van der Waals surface area contributed by atoms with Crippen LogP contribution >= 0.6 is 23.1 Å². The monoisotopic (exact) mass is 316 g/mol. The Morgan fingerprint density at radius 2 is 2.10 bits per heavy atom. The summed E-state index contributed by atoms with van der Waals surface area (Å²) in [6.07, 6.45) is 0. The summed E-state index contributed by atoms with van der Waals surface area (Å²) in [7, 11) is 0. The molecule has 0 saturated carbocycles. The van der Waals surface area contributed by atoms with Gasteiger partial charge in [-0.25, -0.2) is 4.98 Å². The van der Waals surface area contributed by atoms with Gasteiger partial charge in [-0.2, -0.15) is 0 Å². The Labute approximate surface area is 131 Å². The normalized spacial score (nSPS) is 11.2. The number of fused-ring (bicyclic) bond motifs is 1. The minimum atomic E-state index is 0.165. The van der Waals surface area contributed by atoms with Crippen molar-refractivity contribution < 1.29 is 4.79 Å². The largest absolute Gasteiger partial charge is 0.333 e. The van der Waals surface area contributed by atoms with Gasteiger partial charge < -0.3 is 4.98 Å². The highest BCUT2D eigenvalue weighted by Crippen LogP contribution is 2.25. The molecule has 21 heavy (non-hydrogen) atoms. The summed E-state index contributed by atoms with van der Waals surface area (Å²) in [5.74, 6) is 0.578. The molecule has 0 bridgehead atoms. The van der Waals surface area contributed by atoms with Crippen molar-refractivity contribution in [2.75, 3.05) is 5.75 Å². The summed E-state index contributed by atoms with van der Waals surface area (Å²) in [6, 6.07) is 8.09. The number of Topliss-reactive ketones (excluding diaryl/α,β-unsaturated/α-hetero) is 1. The number of carbonyl (C=O) groups excluding carboxylic acids is 1. The van der Waals surface area contributed by atoms with E-state index in [-0.39, 0.29) is 5.78 Å². The van der Waals surface area contributed by atoms with E-state index in [1.54, 1.807) is 11.3 Å². The summed E-state index contributed by atoms with van der Waals surface area (Å²) in [6.45, 7) is 6.08. The van der Waals surface area contributed by atoms with Crippen LogP contribution in [0.1, 0.15) is 25.7 Å². The lowest BCUT2D eigenvalue weighted by atomic mass is 10.2. The van der Waals surface area contributed by atoms with Crippen molar-refractivity contribution in [2.45, 2.75) is 25.9 Å². The molecule has 0 unspecified atom stereocenters. The maximum Gasteiger partial charge on any atom is 0.174 e. The lowest BCUT2D eigenvalue weighted by Crippen LogP contribution is -2.02. The third-order valence-corrected chi connectivity index (χ3v) is 5.14. The van der Waals surface area contributed by atoms with Crippen molar-refractivity contribution in [3.8, 4) is 0 Å². The van der Waals surface area contributed by atoms with E-state index in [0.717, 1.165) is 26.6 Å². The molecule has 2 aromatic heterocycles. The second kappa shape index (κ2) is 5.66. The lowest BCUT2D eigenvalue weighted by molar-refractivity contribution is 0.102. The molecule has 3 nitrogen and oxygen atoms in total. The van der Waals surface area contributed by atoms with Gasteiger partial charge in [0.25, 0.3) is 0 Å². The highest BCUT2D eigenvalue weighted by Gasteiger charge is 2.13. The molecular formula is C16H16N2OS2. The van der Waals surface area contributed by atoms with Gasteiger partial charge in [0.1, 0.15) is 0 Å². The van der Waals surface area contributed by atoms with Gasteiger partial charge in [-0.05, 0) is 44.5 Å². The average Bonchev–Trinajstić information content (AvgIpc) is 2.98. The third kappa shape index (κ3) is 3.04. The van der Waals surface area contributed by atoms with E-state index in [1.165, 1.54) is 22.2 Å². The molecule has 0 fully saturated rings. The molecule has 0 aliphatic carbocycles. The van der Waals surface area contributed by atoms with Crippen LogP contribution in [0.3, 0.4) is 0 Å². The number of rotatable bonds is 4. The fourth-order valence-corrected chi connectivity index (χ4v) is 4.00. The molecule has 0 aliphatic heterocycles. The number of thioether (sulfide) groups is 1. The summed E-state index contributed by atoms with van der Waals surface area (Å²) in [4.78, 5) is 22.3. The molecule has 1 aromatic carbocycles. The molecule has 0 atom stereocenters. The van der Waals surface area contributed by atoms with Gasteiger partial charge in [0.15, 0.2) is 10.9 Å². The molecule has 0 saturated heterocycles. The number of aromatic amines is 1. The lowest BCUT2D eigenvalue weighted by Gasteiger charge is -1.98. The minimum absolute atomic E-state index is 0.165. The maximum absolute atomic E-state index is 12.3. The second-order valence-corrected chi connectivity index (χ2v) is 7.53. The van der Waals surface area contributed by atoms with Crippen molar-refractivity contribution in [3.63, 3.8) is 0 Å². The van der Waals surface area contributed by atoms with Crippen LogP contribution in [0.2, 0.25) is 0 Å². The Bertz CT molecular complexity index is 817. The van der Waals surface area contributed by atoms with Gasteiger partial charge >= 0.3 is 0 Å². The number of aryl methyl sites for hydroxylation is 3. The first-order valence-corrected chi connectivity index (χ1v) is 8.52. The van der Waals surface area contributed by atoms with Gasteiger partial charge in [0.05, 0.1) is 16.8 Å². The molecule has 3 aromatic rings. The second-order valence-electron chi connectivity index (χ2n) is 5.10. The van der Waals surface area contributed by atoms with Crippen LogP contribution in [0, 0.1) is 20.8 Å².